The summed E-state index contributed by atoms with van der Waals surface area (Å²) in [5.74, 6) is 0.0165. The van der Waals surface area contributed by atoms with Crippen LogP contribution in [0.3, 0.4) is 0 Å². The normalized spacial score (nSPS) is 17.1. The molecule has 1 aromatic rings. The molecule has 1 aliphatic rings. The Morgan fingerprint density at radius 3 is 2.70 bits per heavy atom. The molecule has 0 aromatic heterocycles. The first kappa shape index (κ1) is 14.8. The number of amides is 1. The molecule has 6 heteroatoms. The molecule has 1 atom stereocenters. The first-order valence-electron chi connectivity index (χ1n) is 6.42. The molecule has 0 aliphatic carbocycles. The van der Waals surface area contributed by atoms with Crippen LogP contribution in [-0.4, -0.2) is 24.2 Å². The molecule has 0 fully saturated rings. The van der Waals surface area contributed by atoms with Gasteiger partial charge in [0.2, 0.25) is 5.91 Å². The molecule has 1 heterocycles. The number of nitrogens with zero attached hydrogens (tertiary/aromatic N) is 1. The van der Waals surface area contributed by atoms with E-state index in [-0.39, 0.29) is 12.3 Å². The number of alkyl halides is 3. The van der Waals surface area contributed by atoms with Crippen molar-refractivity contribution in [3.63, 3.8) is 0 Å². The fraction of sp³-hybridized carbons (Fsp3) is 0.500. The zero-order valence-corrected chi connectivity index (χ0v) is 11.1. The Kier molecular flexibility index (Phi) is 4.04. The second kappa shape index (κ2) is 5.44. The Morgan fingerprint density at radius 1 is 1.35 bits per heavy atom. The number of hydrogen-bond acceptors (Lipinski definition) is 2. The Hall–Kier alpha value is -1.56. The Labute approximate surface area is 115 Å². The van der Waals surface area contributed by atoms with Gasteiger partial charge in [0.25, 0.3) is 0 Å². The Morgan fingerprint density at radius 2 is 2.05 bits per heavy atom. The maximum atomic E-state index is 12.1. The number of aliphatic hydroxyl groups is 1. The summed E-state index contributed by atoms with van der Waals surface area (Å²) in [7, 11) is 1.67. The van der Waals surface area contributed by atoms with Gasteiger partial charge < -0.3 is 10.0 Å². The lowest BCUT2D eigenvalue weighted by atomic mass is 9.96. The van der Waals surface area contributed by atoms with Crippen molar-refractivity contribution in [3.05, 3.63) is 29.3 Å². The topological polar surface area (TPSA) is 40.5 Å². The fourth-order valence-corrected chi connectivity index (χ4v) is 2.35. The monoisotopic (exact) mass is 287 g/mol. The van der Waals surface area contributed by atoms with E-state index in [4.69, 9.17) is 0 Å². The van der Waals surface area contributed by atoms with Crippen LogP contribution in [0, 0.1) is 0 Å². The molecule has 0 radical (unpaired) electrons. The molecule has 1 aliphatic heterocycles. The number of benzene rings is 1. The first-order valence-corrected chi connectivity index (χ1v) is 6.42. The summed E-state index contributed by atoms with van der Waals surface area (Å²) in [6, 6.07) is 4.95. The summed E-state index contributed by atoms with van der Waals surface area (Å²) in [5, 5.41) is 9.82. The fourth-order valence-electron chi connectivity index (χ4n) is 2.35. The molecule has 20 heavy (non-hydrogen) atoms. The summed E-state index contributed by atoms with van der Waals surface area (Å²) >= 11 is 0. The minimum absolute atomic E-state index is 0.0165. The second-order valence-corrected chi connectivity index (χ2v) is 5.01. The van der Waals surface area contributed by atoms with Crippen LogP contribution in [-0.2, 0) is 11.2 Å². The van der Waals surface area contributed by atoms with Gasteiger partial charge >= 0.3 is 6.18 Å². The van der Waals surface area contributed by atoms with Crippen molar-refractivity contribution in [1.82, 2.24) is 0 Å². The van der Waals surface area contributed by atoms with Gasteiger partial charge in [-0.3, -0.25) is 4.79 Å². The standard InChI is InChI=1S/C14H16F3NO2/c1-18-11-4-2-10(8-9(11)3-5-13(18)20)12(19)6-7-14(15,16)17/h2,4,8,12,19H,3,5-7H2,1H3. The molecule has 0 spiro atoms. The van der Waals surface area contributed by atoms with E-state index in [1.165, 1.54) is 4.90 Å². The van der Waals surface area contributed by atoms with Gasteiger partial charge in [-0.25, -0.2) is 0 Å². The zero-order chi connectivity index (χ0) is 14.9. The van der Waals surface area contributed by atoms with Crippen molar-refractivity contribution in [2.75, 3.05) is 11.9 Å². The van der Waals surface area contributed by atoms with E-state index >= 15 is 0 Å². The number of hydrogen-bond donors (Lipinski definition) is 1. The van der Waals surface area contributed by atoms with Crippen molar-refractivity contribution in [1.29, 1.82) is 0 Å². The van der Waals surface area contributed by atoms with Crippen LogP contribution >= 0.6 is 0 Å². The van der Waals surface area contributed by atoms with E-state index in [0.717, 1.165) is 11.3 Å². The van der Waals surface area contributed by atoms with Gasteiger partial charge in [-0.2, -0.15) is 13.2 Å². The summed E-state index contributed by atoms with van der Waals surface area (Å²) in [4.78, 5) is 13.1. The van der Waals surface area contributed by atoms with Gasteiger partial charge in [0.15, 0.2) is 0 Å². The molecule has 2 rings (SSSR count). The average Bonchev–Trinajstić information content (AvgIpc) is 2.39. The molecule has 3 nitrogen and oxygen atoms in total. The maximum Gasteiger partial charge on any atom is 0.389 e. The first-order chi connectivity index (χ1) is 9.28. The molecule has 0 saturated heterocycles. The number of carbonyl (C=O) groups is 1. The molecule has 1 N–H and O–H groups in total. The van der Waals surface area contributed by atoms with Crippen LogP contribution in [0.5, 0.6) is 0 Å². The van der Waals surface area contributed by atoms with Crippen LogP contribution in [0.4, 0.5) is 18.9 Å². The van der Waals surface area contributed by atoms with Crippen molar-refractivity contribution >= 4 is 11.6 Å². The Bertz CT molecular complexity index is 514. The number of aryl methyl sites for hydroxylation is 1. The van der Waals surface area contributed by atoms with E-state index in [9.17, 15) is 23.1 Å². The molecule has 0 saturated carbocycles. The highest BCUT2D eigenvalue weighted by atomic mass is 19.4. The predicted octanol–water partition coefficient (Wildman–Crippen LogP) is 2.97. The van der Waals surface area contributed by atoms with Gasteiger partial charge in [-0.15, -0.1) is 0 Å². The van der Waals surface area contributed by atoms with Gasteiger partial charge in [0.1, 0.15) is 0 Å². The largest absolute Gasteiger partial charge is 0.389 e. The summed E-state index contributed by atoms with van der Waals surface area (Å²) in [6.07, 6.45) is -5.82. The van der Waals surface area contributed by atoms with E-state index in [1.807, 2.05) is 0 Å². The van der Waals surface area contributed by atoms with E-state index in [0.29, 0.717) is 18.4 Å². The van der Waals surface area contributed by atoms with Crippen LogP contribution in [0.2, 0.25) is 0 Å². The van der Waals surface area contributed by atoms with Gasteiger partial charge in [0.05, 0.1) is 6.10 Å². The van der Waals surface area contributed by atoms with E-state index in [2.05, 4.69) is 0 Å². The third kappa shape index (κ3) is 3.30. The lowest BCUT2D eigenvalue weighted by Crippen LogP contribution is -2.31. The molecule has 1 aromatic carbocycles. The highest BCUT2D eigenvalue weighted by molar-refractivity contribution is 5.95. The summed E-state index contributed by atoms with van der Waals surface area (Å²) in [6.45, 7) is 0. The molecule has 1 unspecified atom stereocenters. The number of aliphatic hydroxyl groups excluding tert-OH is 1. The van der Waals surface area contributed by atoms with Gasteiger partial charge in [0, 0.05) is 25.6 Å². The van der Waals surface area contributed by atoms with Crippen LogP contribution in [0.1, 0.15) is 36.5 Å². The lowest BCUT2D eigenvalue weighted by molar-refractivity contribution is -0.140. The molecule has 0 bridgehead atoms. The molecule has 110 valence electrons. The number of rotatable bonds is 3. The quantitative estimate of drug-likeness (QED) is 0.928. The SMILES string of the molecule is CN1C(=O)CCc2cc(C(O)CCC(F)(F)F)ccc21. The Balaban J connectivity index is 2.13. The van der Waals surface area contributed by atoms with Crippen molar-refractivity contribution in [3.8, 4) is 0 Å². The highest BCUT2D eigenvalue weighted by Crippen LogP contribution is 2.32. The number of fused-ring (bicyclic) bond motifs is 1. The zero-order valence-electron chi connectivity index (χ0n) is 11.1. The lowest BCUT2D eigenvalue weighted by Gasteiger charge is -2.26. The number of halogens is 3. The maximum absolute atomic E-state index is 12.1. The average molecular weight is 287 g/mol. The van der Waals surface area contributed by atoms with Crippen molar-refractivity contribution < 1.29 is 23.1 Å². The van der Waals surface area contributed by atoms with Crippen molar-refractivity contribution in [2.45, 2.75) is 38.0 Å². The molecule has 1 amide bonds. The van der Waals surface area contributed by atoms with Crippen LogP contribution < -0.4 is 4.90 Å². The minimum atomic E-state index is -4.26. The van der Waals surface area contributed by atoms with E-state index < -0.39 is 18.7 Å². The second-order valence-electron chi connectivity index (χ2n) is 5.01. The predicted molar refractivity (Wildman–Crippen MR) is 68.4 cm³/mol. The summed E-state index contributed by atoms with van der Waals surface area (Å²) in [5.41, 5.74) is 2.11. The van der Waals surface area contributed by atoms with Gasteiger partial charge in [-0.1, -0.05) is 12.1 Å². The molecular formula is C14H16F3NO2. The van der Waals surface area contributed by atoms with Crippen molar-refractivity contribution in [2.24, 2.45) is 0 Å². The minimum Gasteiger partial charge on any atom is -0.388 e. The number of carbonyl (C=O) groups excluding carboxylic acids is 1. The van der Waals surface area contributed by atoms with E-state index in [1.54, 1.807) is 25.2 Å². The highest BCUT2D eigenvalue weighted by Gasteiger charge is 2.28. The van der Waals surface area contributed by atoms with Crippen LogP contribution in [0.25, 0.3) is 0 Å². The van der Waals surface area contributed by atoms with Crippen LogP contribution in [0.15, 0.2) is 18.2 Å². The smallest absolute Gasteiger partial charge is 0.388 e. The molecular weight excluding hydrogens is 271 g/mol. The van der Waals surface area contributed by atoms with Gasteiger partial charge in [-0.05, 0) is 30.0 Å². The third-order valence-corrected chi connectivity index (χ3v) is 3.53. The number of anilines is 1. The summed E-state index contributed by atoms with van der Waals surface area (Å²) < 4.78 is 36.4. The third-order valence-electron chi connectivity index (χ3n) is 3.53.